The first kappa shape index (κ1) is 14.3. The first-order chi connectivity index (χ1) is 10.1. The summed E-state index contributed by atoms with van der Waals surface area (Å²) in [6.07, 6.45) is 0. The molecule has 6 heteroatoms. The predicted molar refractivity (Wildman–Crippen MR) is 78.9 cm³/mol. The minimum absolute atomic E-state index is 0.0272. The Kier molecular flexibility index (Phi) is 4.05. The molecule has 0 aliphatic rings. The van der Waals surface area contributed by atoms with Crippen LogP contribution in [-0.2, 0) is 0 Å². The lowest BCUT2D eigenvalue weighted by Crippen LogP contribution is -2.11. The third kappa shape index (κ3) is 2.92. The van der Waals surface area contributed by atoms with E-state index in [-0.39, 0.29) is 5.69 Å². The van der Waals surface area contributed by atoms with Crippen molar-refractivity contribution in [3.63, 3.8) is 0 Å². The van der Waals surface area contributed by atoms with Crippen molar-refractivity contribution in [1.82, 2.24) is 0 Å². The zero-order valence-corrected chi connectivity index (χ0v) is 11.6. The molecule has 6 nitrogen and oxygen atoms in total. The van der Waals surface area contributed by atoms with Crippen LogP contribution in [0.5, 0.6) is 5.75 Å². The van der Waals surface area contributed by atoms with Gasteiger partial charge in [-0.15, -0.1) is 0 Å². The molecule has 0 bridgehead atoms. The molecule has 0 aliphatic heterocycles. The largest absolute Gasteiger partial charge is 0.497 e. The Bertz CT molecular complexity index is 722. The lowest BCUT2D eigenvalue weighted by molar-refractivity contribution is -0.384. The number of hydrogen-bond donors (Lipinski definition) is 0. The number of ether oxygens (including phenoxy) is 1. The second kappa shape index (κ2) is 5.92. The van der Waals surface area contributed by atoms with E-state index in [1.165, 1.54) is 13.2 Å². The van der Waals surface area contributed by atoms with E-state index in [2.05, 4.69) is 0 Å². The van der Waals surface area contributed by atoms with Crippen molar-refractivity contribution in [2.75, 3.05) is 19.1 Å². The number of hydrogen-bond acceptors (Lipinski definition) is 5. The molecule has 0 aliphatic carbocycles. The van der Waals surface area contributed by atoms with Crippen molar-refractivity contribution in [3.8, 4) is 11.8 Å². The Balaban J connectivity index is 2.53. The van der Waals surface area contributed by atoms with Crippen LogP contribution in [0.4, 0.5) is 17.1 Å². The van der Waals surface area contributed by atoms with Gasteiger partial charge in [-0.1, -0.05) is 6.07 Å². The number of benzene rings is 2. The number of nitro benzene ring substituents is 1. The molecule has 106 valence electrons. The van der Waals surface area contributed by atoms with Crippen molar-refractivity contribution in [2.45, 2.75) is 0 Å². The Morgan fingerprint density at radius 3 is 2.67 bits per heavy atom. The number of anilines is 2. The number of methoxy groups -OCH3 is 1. The van der Waals surface area contributed by atoms with Crippen LogP contribution in [0.2, 0.25) is 0 Å². The molecule has 21 heavy (non-hydrogen) atoms. The normalized spacial score (nSPS) is 9.76. The van der Waals surface area contributed by atoms with E-state index in [0.29, 0.717) is 22.7 Å². The molecule has 0 fully saturated rings. The molecular weight excluding hydrogens is 270 g/mol. The van der Waals surface area contributed by atoms with Gasteiger partial charge in [0.25, 0.3) is 5.69 Å². The van der Waals surface area contributed by atoms with Crippen LogP contribution in [0.15, 0.2) is 42.5 Å². The van der Waals surface area contributed by atoms with Gasteiger partial charge in [0.1, 0.15) is 11.4 Å². The first-order valence-corrected chi connectivity index (χ1v) is 6.13. The number of nitrogens with zero attached hydrogens (tertiary/aromatic N) is 3. The van der Waals surface area contributed by atoms with Gasteiger partial charge in [-0.3, -0.25) is 10.1 Å². The molecule has 0 unspecified atom stereocenters. The van der Waals surface area contributed by atoms with Crippen molar-refractivity contribution in [2.24, 2.45) is 0 Å². The van der Waals surface area contributed by atoms with E-state index in [0.717, 1.165) is 0 Å². The number of rotatable bonds is 4. The molecular formula is C15H13N3O3. The first-order valence-electron chi connectivity index (χ1n) is 6.13. The smallest absolute Gasteiger partial charge is 0.293 e. The standard InChI is InChI=1S/C15H13N3O3/c1-17(12-5-3-4-11(8-12)10-16)15-9-13(21-2)6-7-14(15)18(19)20/h3-9H,1-2H3. The zero-order valence-electron chi connectivity index (χ0n) is 11.6. The Morgan fingerprint density at radius 2 is 2.05 bits per heavy atom. The molecule has 0 N–H and O–H groups in total. The van der Waals surface area contributed by atoms with Crippen LogP contribution < -0.4 is 9.64 Å². The van der Waals surface area contributed by atoms with Gasteiger partial charge in [0.15, 0.2) is 0 Å². The summed E-state index contributed by atoms with van der Waals surface area (Å²) < 4.78 is 5.12. The Labute approximate surface area is 122 Å². The molecule has 0 aromatic heterocycles. The maximum Gasteiger partial charge on any atom is 0.293 e. The molecule has 0 amide bonds. The third-order valence-electron chi connectivity index (χ3n) is 3.10. The van der Waals surface area contributed by atoms with Crippen LogP contribution >= 0.6 is 0 Å². The molecule has 0 spiro atoms. The minimum Gasteiger partial charge on any atom is -0.497 e. The van der Waals surface area contributed by atoms with Crippen LogP contribution in [-0.4, -0.2) is 19.1 Å². The quantitative estimate of drug-likeness (QED) is 0.635. The Hall–Kier alpha value is -3.07. The summed E-state index contributed by atoms with van der Waals surface area (Å²) >= 11 is 0. The maximum atomic E-state index is 11.2. The van der Waals surface area contributed by atoms with Crippen molar-refractivity contribution >= 4 is 17.1 Å². The van der Waals surface area contributed by atoms with Gasteiger partial charge in [-0.05, 0) is 24.3 Å². The second-order valence-electron chi connectivity index (χ2n) is 4.33. The summed E-state index contributed by atoms with van der Waals surface area (Å²) in [5.41, 5.74) is 1.55. The van der Waals surface area contributed by atoms with Crippen molar-refractivity contribution in [1.29, 1.82) is 5.26 Å². The molecule has 0 radical (unpaired) electrons. The molecule has 0 saturated carbocycles. The summed E-state index contributed by atoms with van der Waals surface area (Å²) in [6.45, 7) is 0. The van der Waals surface area contributed by atoms with Crippen LogP contribution in [0.1, 0.15) is 5.56 Å². The average Bonchev–Trinajstić information content (AvgIpc) is 2.53. The number of nitriles is 1. The lowest BCUT2D eigenvalue weighted by Gasteiger charge is -2.20. The average molecular weight is 283 g/mol. The van der Waals surface area contributed by atoms with E-state index < -0.39 is 4.92 Å². The van der Waals surface area contributed by atoms with E-state index >= 15 is 0 Å². The van der Waals surface area contributed by atoms with Gasteiger partial charge in [-0.25, -0.2) is 0 Å². The van der Waals surface area contributed by atoms with Crippen LogP contribution in [0.25, 0.3) is 0 Å². The third-order valence-corrected chi connectivity index (χ3v) is 3.10. The SMILES string of the molecule is COc1ccc([N+](=O)[O-])c(N(C)c2cccc(C#N)c2)c1. The van der Waals surface area contributed by atoms with E-state index in [1.54, 1.807) is 48.3 Å². The molecule has 0 saturated heterocycles. The monoisotopic (exact) mass is 283 g/mol. The highest BCUT2D eigenvalue weighted by molar-refractivity contribution is 5.73. The fourth-order valence-corrected chi connectivity index (χ4v) is 1.98. The molecule has 0 atom stereocenters. The summed E-state index contributed by atoms with van der Waals surface area (Å²) in [5.74, 6) is 0.527. The van der Waals surface area contributed by atoms with Gasteiger partial charge in [0, 0.05) is 24.9 Å². The van der Waals surface area contributed by atoms with Gasteiger partial charge >= 0.3 is 0 Å². The van der Waals surface area contributed by atoms with Gasteiger partial charge in [-0.2, -0.15) is 5.26 Å². The highest BCUT2D eigenvalue weighted by Gasteiger charge is 2.19. The van der Waals surface area contributed by atoms with E-state index in [4.69, 9.17) is 10.00 Å². The minimum atomic E-state index is -0.445. The van der Waals surface area contributed by atoms with E-state index in [1.807, 2.05) is 6.07 Å². The summed E-state index contributed by atoms with van der Waals surface area (Å²) in [5, 5.41) is 20.1. The molecule has 2 rings (SSSR count). The summed E-state index contributed by atoms with van der Waals surface area (Å²) in [6, 6.07) is 13.4. The second-order valence-corrected chi connectivity index (χ2v) is 4.33. The molecule has 0 heterocycles. The summed E-state index contributed by atoms with van der Waals surface area (Å²) in [7, 11) is 3.21. The zero-order chi connectivity index (χ0) is 15.4. The van der Waals surface area contributed by atoms with E-state index in [9.17, 15) is 10.1 Å². The summed E-state index contributed by atoms with van der Waals surface area (Å²) in [4.78, 5) is 12.4. The van der Waals surface area contributed by atoms with Crippen molar-refractivity contribution < 1.29 is 9.66 Å². The molecule has 2 aromatic rings. The predicted octanol–water partition coefficient (Wildman–Crippen LogP) is 3.24. The van der Waals surface area contributed by atoms with Gasteiger partial charge in [0.05, 0.1) is 23.7 Å². The fourth-order valence-electron chi connectivity index (χ4n) is 1.98. The highest BCUT2D eigenvalue weighted by atomic mass is 16.6. The topological polar surface area (TPSA) is 79.4 Å². The van der Waals surface area contributed by atoms with Crippen LogP contribution in [0, 0.1) is 21.4 Å². The van der Waals surface area contributed by atoms with Gasteiger partial charge in [0.2, 0.25) is 0 Å². The van der Waals surface area contributed by atoms with Crippen molar-refractivity contribution in [3.05, 3.63) is 58.1 Å². The number of nitro groups is 1. The lowest BCUT2D eigenvalue weighted by atomic mass is 10.1. The fraction of sp³-hybridized carbons (Fsp3) is 0.133. The molecule has 2 aromatic carbocycles. The van der Waals surface area contributed by atoms with Gasteiger partial charge < -0.3 is 9.64 Å². The van der Waals surface area contributed by atoms with Crippen LogP contribution in [0.3, 0.4) is 0 Å². The Morgan fingerprint density at radius 1 is 1.29 bits per heavy atom. The highest BCUT2D eigenvalue weighted by Crippen LogP contribution is 2.35. The maximum absolute atomic E-state index is 11.2.